The van der Waals surface area contributed by atoms with Crippen LogP contribution in [0.2, 0.25) is 0 Å². The highest BCUT2D eigenvalue weighted by Gasteiger charge is 2.37. The number of nitro groups is 1. The Morgan fingerprint density at radius 2 is 1.67 bits per heavy atom. The minimum absolute atomic E-state index is 0.0103. The Morgan fingerprint density at radius 1 is 1.00 bits per heavy atom. The van der Waals surface area contributed by atoms with Crippen LogP contribution in [-0.4, -0.2) is 53.1 Å². The molecule has 0 fully saturated rings. The number of nitro benzene ring substituents is 1. The minimum atomic E-state index is -0.771. The number of amides is 4. The van der Waals surface area contributed by atoms with E-state index in [9.17, 15) is 29.3 Å². The van der Waals surface area contributed by atoms with Gasteiger partial charge >= 0.3 is 0 Å². The van der Waals surface area contributed by atoms with Gasteiger partial charge in [0.05, 0.1) is 21.6 Å². The first-order valence-corrected chi connectivity index (χ1v) is 9.22. The Hall–Kier alpha value is -3.73. The highest BCUT2D eigenvalue weighted by Crippen LogP contribution is 2.26. The number of nitrogens with one attached hydrogen (secondary N) is 2. The van der Waals surface area contributed by atoms with Crippen LogP contribution in [0.5, 0.6) is 0 Å². The molecule has 0 aliphatic carbocycles. The summed E-state index contributed by atoms with van der Waals surface area (Å²) in [6, 6.07) is 10.1. The van der Waals surface area contributed by atoms with E-state index in [0.717, 1.165) is 17.0 Å². The third kappa shape index (κ3) is 4.30. The molecular formula is C19H16N4O6S. The molecule has 2 N–H and O–H groups in total. The van der Waals surface area contributed by atoms with Crippen LogP contribution in [-0.2, 0) is 4.79 Å². The number of imide groups is 1. The smallest absolute Gasteiger partial charge is 0.270 e. The van der Waals surface area contributed by atoms with Gasteiger partial charge in [0.15, 0.2) is 0 Å². The van der Waals surface area contributed by atoms with Crippen LogP contribution in [0.1, 0.15) is 31.1 Å². The molecule has 11 heteroatoms. The summed E-state index contributed by atoms with van der Waals surface area (Å²) >= 11 is 4.20. The van der Waals surface area contributed by atoms with Crippen molar-refractivity contribution < 1.29 is 24.1 Å². The third-order valence-corrected chi connectivity index (χ3v) is 4.74. The summed E-state index contributed by atoms with van der Waals surface area (Å²) in [4.78, 5) is 60.3. The number of carbonyl (C=O) groups excluding carboxylic acids is 4. The van der Waals surface area contributed by atoms with Gasteiger partial charge in [-0.25, -0.2) is 0 Å². The summed E-state index contributed by atoms with van der Waals surface area (Å²) in [5, 5.41) is 16.0. The fourth-order valence-corrected chi connectivity index (χ4v) is 3.14. The zero-order valence-corrected chi connectivity index (χ0v) is 16.3. The molecule has 0 unspecified atom stereocenters. The standard InChI is InChI=1S/C19H16N4O6S/c24-16(20-7-8-21-17(25)13-3-1-2-4-15(13)30)10-22-18(26)12-6-5-11(23(28)29)9-14(12)19(22)27/h1-6,9,30H,7-8,10H2,(H,20,24)(H,21,25). The second-order valence-corrected chi connectivity index (χ2v) is 6.79. The lowest BCUT2D eigenvalue weighted by molar-refractivity contribution is -0.384. The average Bonchev–Trinajstić information content (AvgIpc) is 2.95. The average molecular weight is 428 g/mol. The largest absolute Gasteiger partial charge is 0.353 e. The topological polar surface area (TPSA) is 139 Å². The van der Waals surface area contributed by atoms with E-state index in [-0.39, 0.29) is 35.8 Å². The lowest BCUT2D eigenvalue weighted by Crippen LogP contribution is -2.42. The molecule has 30 heavy (non-hydrogen) atoms. The monoisotopic (exact) mass is 428 g/mol. The van der Waals surface area contributed by atoms with E-state index in [0.29, 0.717) is 10.5 Å². The minimum Gasteiger partial charge on any atom is -0.353 e. The van der Waals surface area contributed by atoms with Crippen molar-refractivity contribution in [2.45, 2.75) is 4.90 Å². The Labute approximate surface area is 175 Å². The van der Waals surface area contributed by atoms with Gasteiger partial charge in [0.2, 0.25) is 5.91 Å². The number of hydrogen-bond donors (Lipinski definition) is 3. The van der Waals surface area contributed by atoms with Gasteiger partial charge in [-0.2, -0.15) is 0 Å². The van der Waals surface area contributed by atoms with E-state index in [2.05, 4.69) is 23.3 Å². The Morgan fingerprint density at radius 3 is 2.37 bits per heavy atom. The molecule has 0 bridgehead atoms. The molecule has 10 nitrogen and oxygen atoms in total. The van der Waals surface area contributed by atoms with Crippen LogP contribution in [0, 0.1) is 10.1 Å². The van der Waals surface area contributed by atoms with Crippen LogP contribution >= 0.6 is 12.6 Å². The maximum absolute atomic E-state index is 12.4. The molecular weight excluding hydrogens is 412 g/mol. The molecule has 2 aromatic carbocycles. The summed E-state index contributed by atoms with van der Waals surface area (Å²) in [5.41, 5.74) is -0.0252. The fraction of sp³-hybridized carbons (Fsp3) is 0.158. The van der Waals surface area contributed by atoms with E-state index < -0.39 is 29.2 Å². The first-order valence-electron chi connectivity index (χ1n) is 8.77. The number of benzene rings is 2. The van der Waals surface area contributed by atoms with E-state index in [1.165, 1.54) is 6.07 Å². The van der Waals surface area contributed by atoms with Crippen molar-refractivity contribution in [3.63, 3.8) is 0 Å². The van der Waals surface area contributed by atoms with Crippen LogP contribution < -0.4 is 10.6 Å². The van der Waals surface area contributed by atoms with E-state index >= 15 is 0 Å². The summed E-state index contributed by atoms with van der Waals surface area (Å²) in [6.07, 6.45) is 0. The number of fused-ring (bicyclic) bond motifs is 1. The number of rotatable bonds is 7. The predicted octanol–water partition coefficient (Wildman–Crippen LogP) is 1.03. The molecule has 0 aromatic heterocycles. The normalized spacial score (nSPS) is 12.5. The second kappa shape index (κ2) is 8.74. The van der Waals surface area contributed by atoms with Crippen LogP contribution in [0.3, 0.4) is 0 Å². The van der Waals surface area contributed by atoms with Crippen LogP contribution in [0.25, 0.3) is 0 Å². The molecule has 0 atom stereocenters. The summed E-state index contributed by atoms with van der Waals surface area (Å²) in [7, 11) is 0. The quantitative estimate of drug-likeness (QED) is 0.198. The van der Waals surface area contributed by atoms with Crippen molar-refractivity contribution >= 4 is 41.9 Å². The van der Waals surface area contributed by atoms with E-state index in [1.54, 1.807) is 24.3 Å². The van der Waals surface area contributed by atoms with Crippen molar-refractivity contribution in [3.05, 3.63) is 69.3 Å². The van der Waals surface area contributed by atoms with Crippen molar-refractivity contribution in [1.29, 1.82) is 0 Å². The molecule has 2 aromatic rings. The highest BCUT2D eigenvalue weighted by atomic mass is 32.1. The van der Waals surface area contributed by atoms with Gasteiger partial charge in [0.25, 0.3) is 23.4 Å². The lowest BCUT2D eigenvalue weighted by Gasteiger charge is -2.14. The SMILES string of the molecule is O=C(CN1C(=O)c2ccc([N+](=O)[O-])cc2C1=O)NCCNC(=O)c1ccccc1S. The summed E-state index contributed by atoms with van der Waals surface area (Å²) in [6.45, 7) is -0.331. The van der Waals surface area contributed by atoms with Gasteiger partial charge in [0.1, 0.15) is 6.54 Å². The van der Waals surface area contributed by atoms with E-state index in [4.69, 9.17) is 0 Å². The Balaban J connectivity index is 1.51. The Bertz CT molecular complexity index is 1070. The molecule has 0 saturated heterocycles. The third-order valence-electron chi connectivity index (χ3n) is 4.35. The number of non-ortho nitro benzene ring substituents is 1. The summed E-state index contributed by atoms with van der Waals surface area (Å²) in [5.74, 6) is -2.43. The fourth-order valence-electron chi connectivity index (χ4n) is 2.87. The van der Waals surface area contributed by atoms with E-state index in [1.807, 2.05) is 0 Å². The maximum Gasteiger partial charge on any atom is 0.270 e. The first-order chi connectivity index (χ1) is 14.3. The van der Waals surface area contributed by atoms with Crippen LogP contribution in [0.15, 0.2) is 47.4 Å². The molecule has 154 valence electrons. The molecule has 0 saturated carbocycles. The molecule has 1 aliphatic rings. The number of thiol groups is 1. The molecule has 1 aliphatic heterocycles. The number of nitrogens with zero attached hydrogens (tertiary/aromatic N) is 2. The molecule has 4 amide bonds. The van der Waals surface area contributed by atoms with Crippen molar-refractivity contribution in [2.24, 2.45) is 0 Å². The molecule has 0 radical (unpaired) electrons. The van der Waals surface area contributed by atoms with Crippen molar-refractivity contribution in [2.75, 3.05) is 19.6 Å². The maximum atomic E-state index is 12.4. The Kier molecular flexibility index (Phi) is 6.11. The van der Waals surface area contributed by atoms with Crippen LogP contribution in [0.4, 0.5) is 5.69 Å². The predicted molar refractivity (Wildman–Crippen MR) is 108 cm³/mol. The zero-order chi connectivity index (χ0) is 21.8. The van der Waals surface area contributed by atoms with Gasteiger partial charge in [0, 0.05) is 30.1 Å². The molecule has 0 spiro atoms. The van der Waals surface area contributed by atoms with Gasteiger partial charge in [-0.05, 0) is 18.2 Å². The number of hydrogen-bond acceptors (Lipinski definition) is 7. The number of carbonyl (C=O) groups is 4. The molecule has 1 heterocycles. The second-order valence-electron chi connectivity index (χ2n) is 6.31. The van der Waals surface area contributed by atoms with Crippen molar-refractivity contribution in [1.82, 2.24) is 15.5 Å². The van der Waals surface area contributed by atoms with Gasteiger partial charge in [-0.1, -0.05) is 12.1 Å². The highest BCUT2D eigenvalue weighted by molar-refractivity contribution is 7.80. The molecule has 3 rings (SSSR count). The van der Waals surface area contributed by atoms with Gasteiger partial charge < -0.3 is 10.6 Å². The summed E-state index contributed by atoms with van der Waals surface area (Å²) < 4.78 is 0. The first kappa shape index (κ1) is 21.0. The lowest BCUT2D eigenvalue weighted by atomic mass is 10.1. The van der Waals surface area contributed by atoms with Gasteiger partial charge in [-0.15, -0.1) is 12.6 Å². The zero-order valence-electron chi connectivity index (χ0n) is 15.5. The van der Waals surface area contributed by atoms with Gasteiger partial charge in [-0.3, -0.25) is 34.2 Å². The van der Waals surface area contributed by atoms with Crippen molar-refractivity contribution in [3.8, 4) is 0 Å².